The van der Waals surface area contributed by atoms with Crippen LogP contribution in [0.15, 0.2) is 24.3 Å². The van der Waals surface area contributed by atoms with Gasteiger partial charge < -0.3 is 19.9 Å². The first-order chi connectivity index (χ1) is 9.85. The minimum atomic E-state index is 0.283. The molecule has 2 atom stereocenters. The molecule has 0 spiro atoms. The summed E-state index contributed by atoms with van der Waals surface area (Å²) in [5, 5.41) is 12.9. The van der Waals surface area contributed by atoms with Gasteiger partial charge in [0.15, 0.2) is 11.5 Å². The summed E-state index contributed by atoms with van der Waals surface area (Å²) in [7, 11) is 1.65. The fraction of sp³-hybridized carbons (Fsp3) is 0.625. The van der Waals surface area contributed by atoms with Gasteiger partial charge in [-0.3, -0.25) is 0 Å². The Morgan fingerprint density at radius 2 is 1.95 bits per heavy atom. The van der Waals surface area contributed by atoms with Crippen molar-refractivity contribution in [3.05, 3.63) is 24.3 Å². The van der Waals surface area contributed by atoms with Gasteiger partial charge in [0.25, 0.3) is 0 Å². The minimum Gasteiger partial charge on any atom is -0.493 e. The largest absolute Gasteiger partial charge is 0.493 e. The molecule has 1 saturated carbocycles. The van der Waals surface area contributed by atoms with E-state index in [0.717, 1.165) is 30.9 Å². The first kappa shape index (κ1) is 15.1. The van der Waals surface area contributed by atoms with Crippen molar-refractivity contribution >= 4 is 0 Å². The molecule has 0 radical (unpaired) electrons. The Labute approximate surface area is 121 Å². The molecule has 4 heteroatoms. The van der Waals surface area contributed by atoms with Gasteiger partial charge >= 0.3 is 0 Å². The van der Waals surface area contributed by atoms with Crippen LogP contribution in [0.4, 0.5) is 0 Å². The molecule has 0 bridgehead atoms. The van der Waals surface area contributed by atoms with Crippen molar-refractivity contribution in [3.63, 3.8) is 0 Å². The van der Waals surface area contributed by atoms with E-state index in [0.29, 0.717) is 18.6 Å². The van der Waals surface area contributed by atoms with Crippen molar-refractivity contribution in [3.8, 4) is 11.5 Å². The van der Waals surface area contributed by atoms with Crippen LogP contribution in [0.3, 0.4) is 0 Å². The molecule has 4 nitrogen and oxygen atoms in total. The lowest BCUT2D eigenvalue weighted by Crippen LogP contribution is -2.41. The molecule has 1 fully saturated rings. The van der Waals surface area contributed by atoms with Gasteiger partial charge in [-0.25, -0.2) is 0 Å². The quantitative estimate of drug-likeness (QED) is 0.751. The number of benzene rings is 1. The molecule has 0 aromatic heterocycles. The average Bonchev–Trinajstić information content (AvgIpc) is 2.52. The second kappa shape index (κ2) is 8.12. The maximum Gasteiger partial charge on any atom is 0.161 e. The first-order valence-electron chi connectivity index (χ1n) is 7.45. The second-order valence-corrected chi connectivity index (χ2v) is 5.29. The molecule has 1 aromatic rings. The monoisotopic (exact) mass is 279 g/mol. The zero-order valence-electron chi connectivity index (χ0n) is 12.2. The number of nitrogens with one attached hydrogen (secondary N) is 1. The molecule has 1 aliphatic rings. The SMILES string of the molecule is COc1ccccc1OCCNC1CCCCC1CO. The number of rotatable bonds is 7. The third-order valence-electron chi connectivity index (χ3n) is 3.98. The molecular formula is C16H25NO3. The summed E-state index contributed by atoms with van der Waals surface area (Å²) in [6, 6.07) is 8.10. The zero-order chi connectivity index (χ0) is 14.2. The molecule has 2 rings (SSSR count). The Hall–Kier alpha value is -1.26. The molecule has 20 heavy (non-hydrogen) atoms. The van der Waals surface area contributed by atoms with Gasteiger partial charge in [-0.2, -0.15) is 0 Å². The highest BCUT2D eigenvalue weighted by Gasteiger charge is 2.23. The lowest BCUT2D eigenvalue weighted by Gasteiger charge is -2.31. The normalized spacial score (nSPS) is 22.5. The van der Waals surface area contributed by atoms with Crippen molar-refractivity contribution < 1.29 is 14.6 Å². The zero-order valence-corrected chi connectivity index (χ0v) is 12.2. The van der Waals surface area contributed by atoms with Crippen LogP contribution < -0.4 is 14.8 Å². The van der Waals surface area contributed by atoms with Crippen LogP contribution in [-0.4, -0.2) is 38.0 Å². The fourth-order valence-electron chi connectivity index (χ4n) is 2.84. The topological polar surface area (TPSA) is 50.7 Å². The van der Waals surface area contributed by atoms with E-state index in [1.165, 1.54) is 12.8 Å². The number of aliphatic hydroxyl groups is 1. The summed E-state index contributed by atoms with van der Waals surface area (Å²) in [6.07, 6.45) is 4.77. The van der Waals surface area contributed by atoms with Gasteiger partial charge in [0.05, 0.1) is 7.11 Å². The van der Waals surface area contributed by atoms with Crippen molar-refractivity contribution in [2.75, 3.05) is 26.9 Å². The highest BCUT2D eigenvalue weighted by molar-refractivity contribution is 5.39. The van der Waals surface area contributed by atoms with Crippen LogP contribution in [0.5, 0.6) is 11.5 Å². The number of para-hydroxylation sites is 2. The summed E-state index contributed by atoms with van der Waals surface area (Å²) >= 11 is 0. The van der Waals surface area contributed by atoms with E-state index in [4.69, 9.17) is 9.47 Å². The Morgan fingerprint density at radius 1 is 1.20 bits per heavy atom. The van der Waals surface area contributed by atoms with Gasteiger partial charge in [-0.05, 0) is 30.9 Å². The maximum atomic E-state index is 9.38. The van der Waals surface area contributed by atoms with Crippen molar-refractivity contribution in [1.29, 1.82) is 0 Å². The number of ether oxygens (including phenoxy) is 2. The highest BCUT2D eigenvalue weighted by Crippen LogP contribution is 2.26. The van der Waals surface area contributed by atoms with Gasteiger partial charge in [-0.15, -0.1) is 0 Å². The number of aliphatic hydroxyl groups excluding tert-OH is 1. The summed E-state index contributed by atoms with van der Waals surface area (Å²) < 4.78 is 11.0. The van der Waals surface area contributed by atoms with Crippen molar-refractivity contribution in [2.45, 2.75) is 31.7 Å². The molecule has 0 saturated heterocycles. The molecule has 2 N–H and O–H groups in total. The smallest absolute Gasteiger partial charge is 0.161 e. The standard InChI is InChI=1S/C16H25NO3/c1-19-15-8-4-5-9-16(15)20-11-10-17-14-7-3-2-6-13(14)12-18/h4-5,8-9,13-14,17-18H,2-3,6-7,10-12H2,1H3. The van der Waals surface area contributed by atoms with E-state index in [1.807, 2.05) is 24.3 Å². The third-order valence-corrected chi connectivity index (χ3v) is 3.98. The van der Waals surface area contributed by atoms with E-state index >= 15 is 0 Å². The molecule has 0 aliphatic heterocycles. The highest BCUT2D eigenvalue weighted by atomic mass is 16.5. The van der Waals surface area contributed by atoms with E-state index in [1.54, 1.807) is 7.11 Å². The number of methoxy groups -OCH3 is 1. The predicted octanol–water partition coefficient (Wildman–Crippen LogP) is 2.21. The molecule has 1 aliphatic carbocycles. The minimum absolute atomic E-state index is 0.283. The van der Waals surface area contributed by atoms with Crippen LogP contribution >= 0.6 is 0 Å². The Bertz CT molecular complexity index is 397. The molecule has 0 amide bonds. The summed E-state index contributed by atoms with van der Waals surface area (Å²) in [5.41, 5.74) is 0. The summed E-state index contributed by atoms with van der Waals surface area (Å²) in [5.74, 6) is 1.94. The van der Waals surface area contributed by atoms with Crippen LogP contribution in [0.2, 0.25) is 0 Å². The van der Waals surface area contributed by atoms with E-state index in [9.17, 15) is 5.11 Å². The van der Waals surface area contributed by atoms with Crippen LogP contribution in [0, 0.1) is 5.92 Å². The maximum absolute atomic E-state index is 9.38. The van der Waals surface area contributed by atoms with E-state index in [2.05, 4.69) is 5.32 Å². The molecule has 1 aromatic carbocycles. The number of hydrogen-bond acceptors (Lipinski definition) is 4. The first-order valence-corrected chi connectivity index (χ1v) is 7.45. The summed E-state index contributed by atoms with van der Waals surface area (Å²) in [6.45, 7) is 1.68. The van der Waals surface area contributed by atoms with Crippen LogP contribution in [0.25, 0.3) is 0 Å². The summed E-state index contributed by atoms with van der Waals surface area (Å²) in [4.78, 5) is 0. The molecule has 0 heterocycles. The second-order valence-electron chi connectivity index (χ2n) is 5.29. The van der Waals surface area contributed by atoms with E-state index < -0.39 is 0 Å². The fourth-order valence-corrected chi connectivity index (χ4v) is 2.84. The van der Waals surface area contributed by atoms with E-state index in [-0.39, 0.29) is 6.61 Å². The van der Waals surface area contributed by atoms with Crippen molar-refractivity contribution in [2.24, 2.45) is 5.92 Å². The number of hydrogen-bond donors (Lipinski definition) is 2. The predicted molar refractivity (Wildman–Crippen MR) is 79.3 cm³/mol. The van der Waals surface area contributed by atoms with Gasteiger partial charge in [0.2, 0.25) is 0 Å². The van der Waals surface area contributed by atoms with Gasteiger partial charge in [0.1, 0.15) is 6.61 Å². The Morgan fingerprint density at radius 3 is 2.70 bits per heavy atom. The molecule has 2 unspecified atom stereocenters. The van der Waals surface area contributed by atoms with Gasteiger partial charge in [0, 0.05) is 19.2 Å². The van der Waals surface area contributed by atoms with Crippen LogP contribution in [0.1, 0.15) is 25.7 Å². The lowest BCUT2D eigenvalue weighted by atomic mass is 9.85. The molecule has 112 valence electrons. The van der Waals surface area contributed by atoms with Gasteiger partial charge in [-0.1, -0.05) is 25.0 Å². The Kier molecular flexibility index (Phi) is 6.15. The lowest BCUT2D eigenvalue weighted by molar-refractivity contribution is 0.149. The van der Waals surface area contributed by atoms with Crippen LogP contribution in [-0.2, 0) is 0 Å². The van der Waals surface area contributed by atoms with Crippen molar-refractivity contribution in [1.82, 2.24) is 5.32 Å². The Balaban J connectivity index is 1.73. The molecular weight excluding hydrogens is 254 g/mol. The third kappa shape index (κ3) is 4.12. The average molecular weight is 279 g/mol.